The van der Waals surface area contributed by atoms with Gasteiger partial charge in [0.25, 0.3) is 0 Å². The molecule has 3 N–H and O–H groups in total. The highest BCUT2D eigenvalue weighted by atomic mass is 32.1. The normalized spacial score (nSPS) is 15.1. The van der Waals surface area contributed by atoms with Gasteiger partial charge in [0.15, 0.2) is 5.78 Å². The molecule has 0 fully saturated rings. The van der Waals surface area contributed by atoms with Crippen LogP contribution in [0, 0.1) is 0 Å². The summed E-state index contributed by atoms with van der Waals surface area (Å²) in [6.07, 6.45) is -2.34. The van der Waals surface area contributed by atoms with E-state index in [1.165, 1.54) is 24.3 Å². The SMILES string of the molecule is CC(=O)c1cc(C(O)C(O)CO)cs1. The molecule has 1 heterocycles. The van der Waals surface area contributed by atoms with Gasteiger partial charge in [-0.1, -0.05) is 0 Å². The average Bonchev–Trinajstić information content (AvgIpc) is 2.64. The number of ketones is 1. The van der Waals surface area contributed by atoms with Gasteiger partial charge >= 0.3 is 0 Å². The van der Waals surface area contributed by atoms with E-state index in [0.29, 0.717) is 10.4 Å². The molecule has 5 heteroatoms. The van der Waals surface area contributed by atoms with Gasteiger partial charge in [-0.15, -0.1) is 11.3 Å². The Labute approximate surface area is 85.4 Å². The Morgan fingerprint density at radius 2 is 2.21 bits per heavy atom. The van der Waals surface area contributed by atoms with Crippen LogP contribution < -0.4 is 0 Å². The molecule has 2 atom stereocenters. The maximum Gasteiger partial charge on any atom is 0.169 e. The molecule has 0 aliphatic rings. The molecule has 0 aliphatic heterocycles. The number of carbonyl (C=O) groups is 1. The lowest BCUT2D eigenvalue weighted by molar-refractivity contribution is -0.0150. The number of thiophene rings is 1. The quantitative estimate of drug-likeness (QED) is 0.634. The number of hydrogen-bond donors (Lipinski definition) is 3. The smallest absolute Gasteiger partial charge is 0.169 e. The highest BCUT2D eigenvalue weighted by molar-refractivity contribution is 7.12. The number of aliphatic hydroxyl groups excluding tert-OH is 3. The second kappa shape index (κ2) is 4.65. The van der Waals surface area contributed by atoms with Gasteiger partial charge in [-0.05, 0) is 23.9 Å². The van der Waals surface area contributed by atoms with E-state index < -0.39 is 18.8 Å². The summed E-state index contributed by atoms with van der Waals surface area (Å²) in [5.74, 6) is -0.0769. The summed E-state index contributed by atoms with van der Waals surface area (Å²) >= 11 is 1.21. The Kier molecular flexibility index (Phi) is 3.77. The molecule has 0 radical (unpaired) electrons. The molecule has 1 aromatic heterocycles. The van der Waals surface area contributed by atoms with Gasteiger partial charge in [-0.3, -0.25) is 4.79 Å². The maximum atomic E-state index is 10.9. The number of aliphatic hydroxyl groups is 3. The highest BCUT2D eigenvalue weighted by Crippen LogP contribution is 2.23. The number of hydrogen-bond acceptors (Lipinski definition) is 5. The summed E-state index contributed by atoms with van der Waals surface area (Å²) in [6, 6.07) is 1.52. The van der Waals surface area contributed by atoms with Crippen molar-refractivity contribution in [2.45, 2.75) is 19.1 Å². The Morgan fingerprint density at radius 3 is 2.64 bits per heavy atom. The first kappa shape index (κ1) is 11.3. The summed E-state index contributed by atoms with van der Waals surface area (Å²) in [6.45, 7) is 0.927. The summed E-state index contributed by atoms with van der Waals surface area (Å²) in [5, 5.41) is 28.8. The molecule has 0 amide bonds. The first-order valence-electron chi connectivity index (χ1n) is 4.12. The standard InChI is InChI=1S/C9H12O4S/c1-5(11)8-2-6(4-14-8)9(13)7(12)3-10/h2,4,7,9-10,12-13H,3H2,1H3. The van der Waals surface area contributed by atoms with E-state index >= 15 is 0 Å². The molecular formula is C9H12O4S. The molecular weight excluding hydrogens is 204 g/mol. The lowest BCUT2D eigenvalue weighted by Crippen LogP contribution is -2.21. The van der Waals surface area contributed by atoms with Crippen LogP contribution in [0.1, 0.15) is 28.3 Å². The van der Waals surface area contributed by atoms with E-state index in [2.05, 4.69) is 0 Å². The zero-order chi connectivity index (χ0) is 10.7. The Hall–Kier alpha value is -0.750. The predicted molar refractivity (Wildman–Crippen MR) is 52.4 cm³/mol. The lowest BCUT2D eigenvalue weighted by atomic mass is 10.1. The second-order valence-electron chi connectivity index (χ2n) is 3.00. The van der Waals surface area contributed by atoms with Crippen LogP contribution in [0.3, 0.4) is 0 Å². The molecule has 78 valence electrons. The fourth-order valence-electron chi connectivity index (χ4n) is 1.01. The van der Waals surface area contributed by atoms with Gasteiger partial charge in [0.1, 0.15) is 12.2 Å². The molecule has 4 nitrogen and oxygen atoms in total. The first-order chi connectivity index (χ1) is 6.56. The van der Waals surface area contributed by atoms with E-state index in [1.54, 1.807) is 5.38 Å². The third kappa shape index (κ3) is 2.39. The van der Waals surface area contributed by atoms with Crippen molar-refractivity contribution >= 4 is 17.1 Å². The fourth-order valence-corrected chi connectivity index (χ4v) is 1.85. The highest BCUT2D eigenvalue weighted by Gasteiger charge is 2.19. The van der Waals surface area contributed by atoms with E-state index in [-0.39, 0.29) is 5.78 Å². The number of rotatable bonds is 4. The molecule has 0 aromatic carbocycles. The average molecular weight is 216 g/mol. The van der Waals surface area contributed by atoms with E-state index in [0.717, 1.165) is 0 Å². The molecule has 0 saturated heterocycles. The number of carbonyl (C=O) groups excluding carboxylic acids is 1. The van der Waals surface area contributed by atoms with Gasteiger partial charge in [0.2, 0.25) is 0 Å². The Balaban J connectivity index is 2.81. The maximum absolute atomic E-state index is 10.9. The number of Topliss-reactive ketones (excluding diaryl/α,β-unsaturated/α-hetero) is 1. The monoisotopic (exact) mass is 216 g/mol. The summed E-state index contributed by atoms with van der Waals surface area (Å²) < 4.78 is 0. The predicted octanol–water partition coefficient (Wildman–Crippen LogP) is 0.337. The third-order valence-corrected chi connectivity index (χ3v) is 2.91. The molecule has 14 heavy (non-hydrogen) atoms. The summed E-state index contributed by atoms with van der Waals surface area (Å²) in [4.78, 5) is 11.5. The van der Waals surface area contributed by atoms with Crippen LogP contribution in [0.25, 0.3) is 0 Å². The molecule has 0 aliphatic carbocycles. The van der Waals surface area contributed by atoms with Crippen molar-refractivity contribution < 1.29 is 20.1 Å². The van der Waals surface area contributed by atoms with Crippen molar-refractivity contribution in [1.82, 2.24) is 0 Å². The first-order valence-corrected chi connectivity index (χ1v) is 5.00. The van der Waals surface area contributed by atoms with Gasteiger partial charge in [-0.25, -0.2) is 0 Å². The second-order valence-corrected chi connectivity index (χ2v) is 3.91. The molecule has 1 rings (SSSR count). The van der Waals surface area contributed by atoms with Gasteiger partial charge < -0.3 is 15.3 Å². The minimum Gasteiger partial charge on any atom is -0.394 e. The van der Waals surface area contributed by atoms with Gasteiger partial charge in [-0.2, -0.15) is 0 Å². The van der Waals surface area contributed by atoms with Crippen LogP contribution in [-0.4, -0.2) is 33.8 Å². The van der Waals surface area contributed by atoms with Crippen LogP contribution in [0.4, 0.5) is 0 Å². The van der Waals surface area contributed by atoms with Crippen LogP contribution in [0.5, 0.6) is 0 Å². The van der Waals surface area contributed by atoms with Crippen molar-refractivity contribution in [2.24, 2.45) is 0 Å². The van der Waals surface area contributed by atoms with Crippen LogP contribution in [0.15, 0.2) is 11.4 Å². The largest absolute Gasteiger partial charge is 0.394 e. The Morgan fingerprint density at radius 1 is 1.57 bits per heavy atom. The van der Waals surface area contributed by atoms with E-state index in [9.17, 15) is 9.90 Å². The van der Waals surface area contributed by atoms with Crippen LogP contribution in [-0.2, 0) is 0 Å². The van der Waals surface area contributed by atoms with Crippen molar-refractivity contribution in [3.8, 4) is 0 Å². The molecule has 0 bridgehead atoms. The van der Waals surface area contributed by atoms with Crippen molar-refractivity contribution in [3.05, 3.63) is 21.9 Å². The fraction of sp³-hybridized carbons (Fsp3) is 0.444. The zero-order valence-electron chi connectivity index (χ0n) is 7.67. The molecule has 0 spiro atoms. The molecule has 1 aromatic rings. The summed E-state index contributed by atoms with van der Waals surface area (Å²) in [5.41, 5.74) is 0.460. The van der Waals surface area contributed by atoms with Crippen molar-refractivity contribution in [2.75, 3.05) is 6.61 Å². The topological polar surface area (TPSA) is 77.8 Å². The Bertz CT molecular complexity index is 320. The minimum absolute atomic E-state index is 0.0769. The zero-order valence-corrected chi connectivity index (χ0v) is 8.49. The van der Waals surface area contributed by atoms with Crippen molar-refractivity contribution in [1.29, 1.82) is 0 Å². The van der Waals surface area contributed by atoms with Crippen molar-refractivity contribution in [3.63, 3.8) is 0 Å². The third-order valence-electron chi connectivity index (χ3n) is 1.86. The molecule has 2 unspecified atom stereocenters. The van der Waals surface area contributed by atoms with Gasteiger partial charge in [0, 0.05) is 0 Å². The van der Waals surface area contributed by atoms with Crippen LogP contribution >= 0.6 is 11.3 Å². The van der Waals surface area contributed by atoms with Crippen LogP contribution in [0.2, 0.25) is 0 Å². The summed E-state index contributed by atoms with van der Waals surface area (Å²) in [7, 11) is 0. The molecule has 0 saturated carbocycles. The van der Waals surface area contributed by atoms with E-state index in [1.807, 2.05) is 0 Å². The minimum atomic E-state index is -1.20. The van der Waals surface area contributed by atoms with Gasteiger partial charge in [0.05, 0.1) is 11.5 Å². The lowest BCUT2D eigenvalue weighted by Gasteiger charge is -2.13. The van der Waals surface area contributed by atoms with E-state index in [4.69, 9.17) is 10.2 Å².